The van der Waals surface area contributed by atoms with Crippen molar-refractivity contribution in [2.24, 2.45) is 0 Å². The molecule has 96 valence electrons. The lowest BCUT2D eigenvalue weighted by Crippen LogP contribution is -1.99. The molecule has 0 aliphatic carbocycles. The van der Waals surface area contributed by atoms with Crippen molar-refractivity contribution in [2.45, 2.75) is 12.3 Å². The van der Waals surface area contributed by atoms with Gasteiger partial charge in [0.25, 0.3) is 0 Å². The van der Waals surface area contributed by atoms with Gasteiger partial charge in [0.2, 0.25) is 0 Å². The molecule has 1 heteroatoms. The maximum absolute atomic E-state index is 10.1. The van der Waals surface area contributed by atoms with Gasteiger partial charge in [0, 0.05) is 11.5 Å². The average Bonchev–Trinajstić information content (AvgIpc) is 2.44. The lowest BCUT2D eigenvalue weighted by atomic mass is 9.89. The van der Waals surface area contributed by atoms with Gasteiger partial charge in [0.1, 0.15) is 5.75 Å². The molecule has 0 fully saturated rings. The van der Waals surface area contributed by atoms with Gasteiger partial charge in [0.15, 0.2) is 0 Å². The predicted octanol–water partition coefficient (Wildman–Crippen LogP) is 4.44. The second-order valence-electron chi connectivity index (χ2n) is 4.51. The Balaban J connectivity index is 2.46. The van der Waals surface area contributed by atoms with E-state index in [9.17, 15) is 5.11 Å². The molecule has 0 bridgehead atoms. The van der Waals surface area contributed by atoms with Crippen LogP contribution in [0.25, 0.3) is 0 Å². The Morgan fingerprint density at radius 3 is 2.42 bits per heavy atom. The van der Waals surface area contributed by atoms with E-state index in [1.807, 2.05) is 54.6 Å². The lowest BCUT2D eigenvalue weighted by molar-refractivity contribution is 0.467. The first kappa shape index (κ1) is 13.2. The minimum Gasteiger partial charge on any atom is -0.508 e. The largest absolute Gasteiger partial charge is 0.508 e. The number of hydrogen-bond donors (Lipinski definition) is 1. The van der Waals surface area contributed by atoms with E-state index in [-0.39, 0.29) is 5.92 Å². The number of aromatic hydroxyl groups is 1. The van der Waals surface area contributed by atoms with Gasteiger partial charge in [-0.1, -0.05) is 54.6 Å². The zero-order chi connectivity index (χ0) is 13.7. The minimum atomic E-state index is 0.00552. The van der Waals surface area contributed by atoms with Crippen LogP contribution < -0.4 is 0 Å². The highest BCUT2D eigenvalue weighted by molar-refractivity contribution is 5.46. The molecule has 0 aliphatic rings. The minimum absolute atomic E-state index is 0.00552. The van der Waals surface area contributed by atoms with Crippen LogP contribution in [-0.2, 0) is 6.42 Å². The fraction of sp³-hybridized carbons (Fsp3) is 0.111. The maximum Gasteiger partial charge on any atom is 0.119 e. The molecule has 2 aromatic carbocycles. The van der Waals surface area contributed by atoms with Gasteiger partial charge in [-0.3, -0.25) is 0 Å². The third-order valence-electron chi connectivity index (χ3n) is 3.20. The number of phenols is 1. The molecule has 0 spiro atoms. The standard InChI is InChI=1S/C18H18O/c1-3-8-14-11-12-18(19)17(13-14)16(4-2)15-9-6-5-7-10-15/h3-7,9-13,16,19H,1-2,8H2. The first-order chi connectivity index (χ1) is 9.26. The topological polar surface area (TPSA) is 20.2 Å². The molecule has 0 heterocycles. The summed E-state index contributed by atoms with van der Waals surface area (Å²) in [6.45, 7) is 7.65. The highest BCUT2D eigenvalue weighted by atomic mass is 16.3. The highest BCUT2D eigenvalue weighted by Crippen LogP contribution is 2.32. The molecule has 2 rings (SSSR count). The molecule has 0 amide bonds. The molecule has 0 saturated heterocycles. The van der Waals surface area contributed by atoms with Crippen LogP contribution in [0, 0.1) is 0 Å². The highest BCUT2D eigenvalue weighted by Gasteiger charge is 2.14. The number of rotatable bonds is 5. The molecule has 1 N–H and O–H groups in total. The van der Waals surface area contributed by atoms with Gasteiger partial charge in [-0.15, -0.1) is 13.2 Å². The predicted molar refractivity (Wildman–Crippen MR) is 80.5 cm³/mol. The van der Waals surface area contributed by atoms with Gasteiger partial charge >= 0.3 is 0 Å². The summed E-state index contributed by atoms with van der Waals surface area (Å²) in [5, 5.41) is 10.1. The first-order valence-electron chi connectivity index (χ1n) is 6.36. The van der Waals surface area contributed by atoms with Crippen LogP contribution in [0.3, 0.4) is 0 Å². The Hall–Kier alpha value is -2.28. The fourth-order valence-electron chi connectivity index (χ4n) is 2.25. The fourth-order valence-corrected chi connectivity index (χ4v) is 2.25. The van der Waals surface area contributed by atoms with Gasteiger partial charge in [0.05, 0.1) is 0 Å². The van der Waals surface area contributed by atoms with E-state index in [4.69, 9.17) is 0 Å². The SMILES string of the molecule is C=CCc1ccc(O)c(C(C=C)c2ccccc2)c1. The number of benzene rings is 2. The number of phenolic OH excluding ortho intramolecular Hbond substituents is 1. The van der Waals surface area contributed by atoms with E-state index in [0.717, 1.165) is 23.1 Å². The maximum atomic E-state index is 10.1. The average molecular weight is 250 g/mol. The molecule has 1 atom stereocenters. The Morgan fingerprint density at radius 2 is 1.79 bits per heavy atom. The van der Waals surface area contributed by atoms with E-state index in [1.54, 1.807) is 6.07 Å². The van der Waals surface area contributed by atoms with Gasteiger partial charge < -0.3 is 5.11 Å². The monoisotopic (exact) mass is 250 g/mol. The van der Waals surface area contributed by atoms with Gasteiger partial charge in [-0.2, -0.15) is 0 Å². The van der Waals surface area contributed by atoms with Crippen molar-refractivity contribution in [1.82, 2.24) is 0 Å². The molecular weight excluding hydrogens is 232 g/mol. The Labute approximate surface area is 114 Å². The smallest absolute Gasteiger partial charge is 0.119 e. The zero-order valence-corrected chi connectivity index (χ0v) is 10.9. The molecular formula is C18H18O. The van der Waals surface area contributed by atoms with Gasteiger partial charge in [-0.05, 0) is 23.6 Å². The summed E-state index contributed by atoms with van der Waals surface area (Å²) in [4.78, 5) is 0. The van der Waals surface area contributed by atoms with Crippen LogP contribution in [0.4, 0.5) is 0 Å². The van der Waals surface area contributed by atoms with Crippen LogP contribution in [0.1, 0.15) is 22.6 Å². The molecule has 0 aliphatic heterocycles. The summed E-state index contributed by atoms with van der Waals surface area (Å²) in [7, 11) is 0. The Bertz CT molecular complexity index is 569. The number of hydrogen-bond acceptors (Lipinski definition) is 1. The van der Waals surface area contributed by atoms with E-state index in [0.29, 0.717) is 5.75 Å². The van der Waals surface area contributed by atoms with E-state index in [1.165, 1.54) is 0 Å². The molecule has 0 aromatic heterocycles. The van der Waals surface area contributed by atoms with Crippen LogP contribution in [0.15, 0.2) is 73.8 Å². The van der Waals surface area contributed by atoms with Crippen LogP contribution in [0.2, 0.25) is 0 Å². The quantitative estimate of drug-likeness (QED) is 0.778. The van der Waals surface area contributed by atoms with Crippen molar-refractivity contribution >= 4 is 0 Å². The molecule has 2 aromatic rings. The van der Waals surface area contributed by atoms with Crippen molar-refractivity contribution in [2.75, 3.05) is 0 Å². The Kier molecular flexibility index (Phi) is 4.19. The summed E-state index contributed by atoms with van der Waals surface area (Å²) in [6, 6.07) is 15.8. The second kappa shape index (κ2) is 6.05. The van der Waals surface area contributed by atoms with E-state index < -0.39 is 0 Å². The molecule has 0 radical (unpaired) electrons. The summed E-state index contributed by atoms with van der Waals surface area (Å²) >= 11 is 0. The summed E-state index contributed by atoms with van der Waals surface area (Å²) < 4.78 is 0. The third-order valence-corrected chi connectivity index (χ3v) is 3.20. The Morgan fingerprint density at radius 1 is 1.05 bits per heavy atom. The van der Waals surface area contributed by atoms with Crippen LogP contribution in [-0.4, -0.2) is 5.11 Å². The van der Waals surface area contributed by atoms with Crippen molar-refractivity contribution in [1.29, 1.82) is 0 Å². The van der Waals surface area contributed by atoms with Gasteiger partial charge in [-0.25, -0.2) is 0 Å². The van der Waals surface area contributed by atoms with E-state index >= 15 is 0 Å². The molecule has 1 unspecified atom stereocenters. The zero-order valence-electron chi connectivity index (χ0n) is 10.9. The summed E-state index contributed by atoms with van der Waals surface area (Å²) in [5.74, 6) is 0.313. The van der Waals surface area contributed by atoms with Crippen LogP contribution >= 0.6 is 0 Å². The molecule has 1 nitrogen and oxygen atoms in total. The summed E-state index contributed by atoms with van der Waals surface area (Å²) in [6.07, 6.45) is 4.52. The molecule has 19 heavy (non-hydrogen) atoms. The van der Waals surface area contributed by atoms with Crippen molar-refractivity contribution in [3.8, 4) is 5.75 Å². The molecule has 0 saturated carbocycles. The third kappa shape index (κ3) is 2.94. The normalized spacial score (nSPS) is 11.8. The number of allylic oxidation sites excluding steroid dienone is 2. The van der Waals surface area contributed by atoms with Crippen molar-refractivity contribution in [3.05, 3.63) is 90.5 Å². The lowest BCUT2D eigenvalue weighted by Gasteiger charge is -2.16. The van der Waals surface area contributed by atoms with Crippen molar-refractivity contribution < 1.29 is 5.11 Å². The summed E-state index contributed by atoms with van der Waals surface area (Å²) in [5.41, 5.74) is 3.16. The van der Waals surface area contributed by atoms with Crippen molar-refractivity contribution in [3.63, 3.8) is 0 Å². The van der Waals surface area contributed by atoms with E-state index in [2.05, 4.69) is 13.2 Å². The second-order valence-corrected chi connectivity index (χ2v) is 4.51. The van der Waals surface area contributed by atoms with Crippen LogP contribution in [0.5, 0.6) is 5.75 Å². The first-order valence-corrected chi connectivity index (χ1v) is 6.36.